The zero-order valence-corrected chi connectivity index (χ0v) is 7.10. The van der Waals surface area contributed by atoms with Gasteiger partial charge in [-0.3, -0.25) is 0 Å². The molecule has 0 atom stereocenters. The van der Waals surface area contributed by atoms with Crippen LogP contribution in [-0.4, -0.2) is 42.2 Å². The Bertz CT molecular complexity index is 77.3. The molecule has 1 heterocycles. The van der Waals surface area contributed by atoms with Gasteiger partial charge in [0.05, 0.1) is 0 Å². The number of hydrogen-bond donors (Lipinski definition) is 0. The Morgan fingerprint density at radius 2 is 1.60 bits per heavy atom. The predicted molar refractivity (Wildman–Crippen MR) is 45.5 cm³/mol. The molecule has 1 fully saturated rings. The summed E-state index contributed by atoms with van der Waals surface area (Å²) in [4.78, 5) is 2.60. The van der Waals surface area contributed by atoms with Crippen molar-refractivity contribution in [3.8, 4) is 0 Å². The van der Waals surface area contributed by atoms with Crippen LogP contribution < -0.4 is 0 Å². The Morgan fingerprint density at radius 1 is 1.00 bits per heavy atom. The van der Waals surface area contributed by atoms with Crippen molar-refractivity contribution < 1.29 is 0 Å². The molecule has 0 unspecified atom stereocenters. The van der Waals surface area contributed by atoms with Crippen molar-refractivity contribution in [2.45, 2.75) is 30.8 Å². The average molecular weight is 133 g/mol. The first-order valence-electron chi connectivity index (χ1n) is 4.66. The Hall–Kier alpha value is 0.557. The van der Waals surface area contributed by atoms with E-state index >= 15 is 0 Å². The summed E-state index contributed by atoms with van der Waals surface area (Å²) in [6.45, 7) is 4.03. The standard InChI is InChI=1S/C8H16N.Li/c1-2-9-7-5-3-4-6-8-9;/h1-8H2;. The SMILES string of the molecule is [Li][CH2]CN1CCCCCC1. The van der Waals surface area contributed by atoms with Crippen LogP contribution in [0.4, 0.5) is 0 Å². The summed E-state index contributed by atoms with van der Waals surface area (Å²) in [5, 5.41) is 1.32. The number of hydrogen-bond acceptors (Lipinski definition) is 1. The van der Waals surface area contributed by atoms with E-state index in [1.54, 1.807) is 0 Å². The molecule has 1 aliphatic heterocycles. The molecule has 54 valence electrons. The predicted octanol–water partition coefficient (Wildman–Crippen LogP) is 1.45. The quantitative estimate of drug-likeness (QED) is 0.515. The molecule has 10 heavy (non-hydrogen) atoms. The van der Waals surface area contributed by atoms with Crippen molar-refractivity contribution in [3.05, 3.63) is 0 Å². The first-order valence-corrected chi connectivity index (χ1v) is 4.66. The van der Waals surface area contributed by atoms with E-state index in [0.717, 1.165) is 0 Å². The van der Waals surface area contributed by atoms with Crippen molar-refractivity contribution in [2.75, 3.05) is 19.6 Å². The van der Waals surface area contributed by atoms with Crippen LogP contribution in [0.5, 0.6) is 0 Å². The van der Waals surface area contributed by atoms with Gasteiger partial charge in [-0.2, -0.15) is 0 Å². The monoisotopic (exact) mass is 133 g/mol. The molecule has 0 amide bonds. The van der Waals surface area contributed by atoms with Crippen molar-refractivity contribution in [1.29, 1.82) is 0 Å². The molecule has 1 saturated heterocycles. The molecule has 0 aliphatic carbocycles. The van der Waals surface area contributed by atoms with E-state index in [-0.39, 0.29) is 0 Å². The van der Waals surface area contributed by atoms with Gasteiger partial charge in [0.2, 0.25) is 0 Å². The van der Waals surface area contributed by atoms with Crippen molar-refractivity contribution in [1.82, 2.24) is 4.90 Å². The van der Waals surface area contributed by atoms with Gasteiger partial charge in [-0.25, -0.2) is 0 Å². The molecular formula is C8H16LiN. The number of rotatable bonds is 2. The second kappa shape index (κ2) is 5.24. The van der Waals surface area contributed by atoms with Crippen molar-refractivity contribution in [3.63, 3.8) is 0 Å². The Morgan fingerprint density at radius 3 is 2.10 bits per heavy atom. The fraction of sp³-hybridized carbons (Fsp3) is 1.00. The molecule has 0 aromatic heterocycles. The molecule has 2 heteroatoms. The summed E-state index contributed by atoms with van der Waals surface area (Å²) < 4.78 is 0. The van der Waals surface area contributed by atoms with Gasteiger partial charge in [0.25, 0.3) is 0 Å². The van der Waals surface area contributed by atoms with Gasteiger partial charge in [-0.05, 0) is 0 Å². The molecule has 0 aromatic rings. The van der Waals surface area contributed by atoms with Crippen LogP contribution in [0.1, 0.15) is 25.7 Å². The van der Waals surface area contributed by atoms with E-state index in [1.807, 2.05) is 0 Å². The molecule has 1 nitrogen and oxygen atoms in total. The Kier molecular flexibility index (Phi) is 4.53. The van der Waals surface area contributed by atoms with Gasteiger partial charge >= 0.3 is 73.0 Å². The molecule has 0 spiro atoms. The van der Waals surface area contributed by atoms with E-state index in [1.165, 1.54) is 50.4 Å². The molecule has 0 saturated carbocycles. The normalized spacial score (nSPS) is 22.6. The zero-order valence-electron chi connectivity index (χ0n) is 7.10. The van der Waals surface area contributed by atoms with Crippen molar-refractivity contribution in [2.24, 2.45) is 0 Å². The van der Waals surface area contributed by atoms with Crippen LogP contribution >= 0.6 is 0 Å². The summed E-state index contributed by atoms with van der Waals surface area (Å²) in [7, 11) is 0. The first-order chi connectivity index (χ1) is 4.93. The number of nitrogens with zero attached hydrogens (tertiary/aromatic N) is 1. The second-order valence-electron chi connectivity index (χ2n) is 3.26. The van der Waals surface area contributed by atoms with Gasteiger partial charge < -0.3 is 0 Å². The molecule has 1 aliphatic rings. The van der Waals surface area contributed by atoms with E-state index in [2.05, 4.69) is 22.6 Å². The molecule has 0 bridgehead atoms. The fourth-order valence-corrected chi connectivity index (χ4v) is 1.68. The molecule has 1 rings (SSSR count). The molecule has 0 N–H and O–H groups in total. The van der Waals surface area contributed by atoms with Gasteiger partial charge in [0, 0.05) is 0 Å². The van der Waals surface area contributed by atoms with Crippen LogP contribution in [0.15, 0.2) is 0 Å². The average Bonchev–Trinajstić information content (AvgIpc) is 2.17. The summed E-state index contributed by atoms with van der Waals surface area (Å²) in [6.07, 6.45) is 5.78. The Labute approximate surface area is 73.4 Å². The van der Waals surface area contributed by atoms with Gasteiger partial charge in [0.15, 0.2) is 0 Å². The van der Waals surface area contributed by atoms with Crippen LogP contribution in [0.2, 0.25) is 5.09 Å². The zero-order chi connectivity index (χ0) is 7.23. The first kappa shape index (κ1) is 8.65. The second-order valence-corrected chi connectivity index (χ2v) is 3.26. The summed E-state index contributed by atoms with van der Waals surface area (Å²) in [5.41, 5.74) is 0. The maximum atomic E-state index is 2.60. The minimum absolute atomic E-state index is 1.32. The third-order valence-corrected chi connectivity index (χ3v) is 2.24. The van der Waals surface area contributed by atoms with Crippen molar-refractivity contribution >= 4 is 17.7 Å². The van der Waals surface area contributed by atoms with Crippen LogP contribution in [-0.2, 0) is 0 Å². The van der Waals surface area contributed by atoms with Gasteiger partial charge in [-0.15, -0.1) is 0 Å². The third-order valence-electron chi connectivity index (χ3n) is 2.24. The molecule has 0 radical (unpaired) electrons. The maximum absolute atomic E-state index is 2.60. The fourth-order valence-electron chi connectivity index (χ4n) is 1.68. The molecule has 0 aromatic carbocycles. The minimum atomic E-state index is 1.32. The topological polar surface area (TPSA) is 3.24 Å². The van der Waals surface area contributed by atoms with E-state index in [9.17, 15) is 0 Å². The summed E-state index contributed by atoms with van der Waals surface area (Å²) in [6, 6.07) is 0. The van der Waals surface area contributed by atoms with E-state index in [0.29, 0.717) is 0 Å². The summed E-state index contributed by atoms with van der Waals surface area (Å²) in [5.74, 6) is 0. The third kappa shape index (κ3) is 3.10. The van der Waals surface area contributed by atoms with Crippen LogP contribution in [0.3, 0.4) is 0 Å². The summed E-state index contributed by atoms with van der Waals surface area (Å²) >= 11 is 2.27. The Balaban J connectivity index is 2.15. The van der Waals surface area contributed by atoms with E-state index in [4.69, 9.17) is 0 Å². The van der Waals surface area contributed by atoms with Gasteiger partial charge in [-0.1, -0.05) is 0 Å². The van der Waals surface area contributed by atoms with Gasteiger partial charge in [0.1, 0.15) is 0 Å². The van der Waals surface area contributed by atoms with Crippen LogP contribution in [0.25, 0.3) is 0 Å². The van der Waals surface area contributed by atoms with Crippen LogP contribution in [0, 0.1) is 0 Å². The molecular weight excluding hydrogens is 117 g/mol. The van der Waals surface area contributed by atoms with E-state index < -0.39 is 0 Å². The number of likely N-dealkylation sites (tertiary alicyclic amines) is 1.